The lowest BCUT2D eigenvalue weighted by Crippen LogP contribution is -2.15. The fraction of sp³-hybridized carbons (Fsp3) is 0.304. The third-order valence-electron chi connectivity index (χ3n) is 5.73. The van der Waals surface area contributed by atoms with Crippen molar-refractivity contribution in [3.05, 3.63) is 58.6 Å². The topological polar surface area (TPSA) is 96.5 Å². The second kappa shape index (κ2) is 10.3. The van der Waals surface area contributed by atoms with E-state index in [2.05, 4.69) is 29.6 Å². The second-order valence-corrected chi connectivity index (χ2v) is 9.55. The summed E-state index contributed by atoms with van der Waals surface area (Å²) >= 11 is 6.34. The van der Waals surface area contributed by atoms with Crippen LogP contribution in [0.15, 0.2) is 35.6 Å². The highest BCUT2D eigenvalue weighted by Crippen LogP contribution is 2.36. The summed E-state index contributed by atoms with van der Waals surface area (Å²) in [5.74, 6) is -0.806. The Morgan fingerprint density at radius 2 is 1.94 bits per heavy atom. The molecule has 7 nitrogen and oxygen atoms in total. The molecule has 2 atom stereocenters. The predicted molar refractivity (Wildman–Crippen MR) is 130 cm³/mol. The summed E-state index contributed by atoms with van der Waals surface area (Å²) in [6, 6.07) is 3.21. The number of fused-ring (bicyclic) bond motifs is 1. The summed E-state index contributed by atoms with van der Waals surface area (Å²) in [5.41, 5.74) is 2.00. The lowest BCUT2D eigenvalue weighted by Gasteiger charge is -2.17. The van der Waals surface area contributed by atoms with Gasteiger partial charge in [0.1, 0.15) is 5.69 Å². The molecule has 0 aliphatic heterocycles. The largest absolute Gasteiger partial charge is 0.359 e. The molecule has 0 aliphatic rings. The standard InChI is InChI=1S/C23H22ClF3N6OS/c1-4-11(2)19-14(9-17(25)26)12(3)31-23(32-19)33-35(34)16-10-30-20-13(16)5-6-15(24)18(20)21-22(27)29-8-7-28-21/h5-8,10-11,17,30H,4,9H2,1-3H3,(H,31,32,33). The van der Waals surface area contributed by atoms with Crippen molar-refractivity contribution < 1.29 is 17.4 Å². The van der Waals surface area contributed by atoms with E-state index in [0.29, 0.717) is 44.7 Å². The van der Waals surface area contributed by atoms with Crippen molar-refractivity contribution in [2.75, 3.05) is 4.72 Å². The Labute approximate surface area is 207 Å². The van der Waals surface area contributed by atoms with Crippen molar-refractivity contribution >= 4 is 39.4 Å². The molecule has 3 aromatic heterocycles. The number of hydrogen-bond acceptors (Lipinski definition) is 5. The Bertz CT molecular complexity index is 1410. The summed E-state index contributed by atoms with van der Waals surface area (Å²) in [5, 5.41) is 0.768. The normalized spacial score (nSPS) is 13.4. The van der Waals surface area contributed by atoms with Crippen molar-refractivity contribution in [1.29, 1.82) is 0 Å². The van der Waals surface area contributed by atoms with E-state index in [1.807, 2.05) is 13.8 Å². The van der Waals surface area contributed by atoms with Gasteiger partial charge in [-0.1, -0.05) is 31.5 Å². The Kier molecular flexibility index (Phi) is 7.36. The van der Waals surface area contributed by atoms with E-state index in [1.165, 1.54) is 18.6 Å². The molecule has 0 saturated heterocycles. The Morgan fingerprint density at radius 1 is 1.20 bits per heavy atom. The summed E-state index contributed by atoms with van der Waals surface area (Å²) in [6.45, 7) is 5.47. The van der Waals surface area contributed by atoms with E-state index in [-0.39, 0.29) is 22.6 Å². The van der Waals surface area contributed by atoms with Crippen LogP contribution < -0.4 is 4.72 Å². The smallest absolute Gasteiger partial charge is 0.242 e. The summed E-state index contributed by atoms with van der Waals surface area (Å²) in [4.78, 5) is 19.7. The molecule has 0 fully saturated rings. The highest BCUT2D eigenvalue weighted by molar-refractivity contribution is 7.86. The van der Waals surface area contributed by atoms with Gasteiger partial charge in [0.15, 0.2) is 11.0 Å². The van der Waals surface area contributed by atoms with E-state index in [9.17, 15) is 17.4 Å². The number of rotatable bonds is 8. The SMILES string of the molecule is CCC(C)c1nc(NS(=O)c2c[nH]c3c(-c4nccnc4F)c(Cl)ccc23)nc(C)c1CC(F)F. The van der Waals surface area contributed by atoms with Gasteiger partial charge in [-0.25, -0.2) is 32.9 Å². The zero-order valence-electron chi connectivity index (χ0n) is 19.1. The van der Waals surface area contributed by atoms with Gasteiger partial charge in [-0.3, -0.25) is 4.72 Å². The van der Waals surface area contributed by atoms with E-state index in [0.717, 1.165) is 0 Å². The third kappa shape index (κ3) is 5.01. The molecule has 4 rings (SSSR count). The van der Waals surface area contributed by atoms with Crippen LogP contribution in [-0.2, 0) is 17.4 Å². The zero-order valence-corrected chi connectivity index (χ0v) is 20.6. The maximum absolute atomic E-state index is 14.3. The Balaban J connectivity index is 1.73. The predicted octanol–water partition coefficient (Wildman–Crippen LogP) is 5.97. The molecule has 0 radical (unpaired) electrons. The first-order valence-electron chi connectivity index (χ1n) is 10.8. The molecule has 3 heterocycles. The number of halogens is 4. The van der Waals surface area contributed by atoms with Gasteiger partial charge in [-0.2, -0.15) is 4.39 Å². The Hall–Kier alpha value is -3.05. The van der Waals surface area contributed by atoms with Crippen LogP contribution in [0, 0.1) is 12.9 Å². The van der Waals surface area contributed by atoms with Crippen LogP contribution >= 0.6 is 11.6 Å². The Morgan fingerprint density at radius 3 is 2.63 bits per heavy atom. The van der Waals surface area contributed by atoms with Crippen molar-refractivity contribution in [1.82, 2.24) is 24.9 Å². The van der Waals surface area contributed by atoms with Gasteiger partial charge in [-0.05, 0) is 25.3 Å². The van der Waals surface area contributed by atoms with Crippen LogP contribution in [0.25, 0.3) is 22.2 Å². The first kappa shape index (κ1) is 25.1. The number of anilines is 1. The van der Waals surface area contributed by atoms with Crippen LogP contribution in [0.5, 0.6) is 0 Å². The molecule has 1 aromatic carbocycles. The van der Waals surface area contributed by atoms with Crippen LogP contribution in [0.2, 0.25) is 5.02 Å². The van der Waals surface area contributed by atoms with E-state index in [1.54, 1.807) is 19.1 Å². The molecule has 184 valence electrons. The monoisotopic (exact) mass is 522 g/mol. The highest BCUT2D eigenvalue weighted by Gasteiger charge is 2.22. The van der Waals surface area contributed by atoms with Crippen molar-refractivity contribution in [3.63, 3.8) is 0 Å². The van der Waals surface area contributed by atoms with Crippen molar-refractivity contribution in [2.24, 2.45) is 0 Å². The molecule has 2 N–H and O–H groups in total. The van der Waals surface area contributed by atoms with Crippen molar-refractivity contribution in [3.8, 4) is 11.3 Å². The van der Waals surface area contributed by atoms with Gasteiger partial charge in [0.25, 0.3) is 0 Å². The molecule has 0 bridgehead atoms. The first-order valence-corrected chi connectivity index (χ1v) is 12.3. The second-order valence-electron chi connectivity index (χ2n) is 7.97. The third-order valence-corrected chi connectivity index (χ3v) is 7.15. The molecule has 0 aliphatic carbocycles. The maximum Gasteiger partial charge on any atom is 0.242 e. The average Bonchev–Trinajstić information content (AvgIpc) is 3.25. The molecule has 12 heteroatoms. The lowest BCUT2D eigenvalue weighted by atomic mass is 9.97. The molecule has 0 saturated carbocycles. The molecular weight excluding hydrogens is 501 g/mol. The van der Waals surface area contributed by atoms with Gasteiger partial charge < -0.3 is 4.98 Å². The van der Waals surface area contributed by atoms with Gasteiger partial charge in [0.2, 0.25) is 18.3 Å². The fourth-order valence-corrected chi connectivity index (χ4v) is 4.98. The number of aromatic nitrogens is 5. The minimum atomic E-state index is -2.53. The number of nitrogens with one attached hydrogen (secondary N) is 2. The van der Waals surface area contributed by atoms with Gasteiger partial charge >= 0.3 is 0 Å². The summed E-state index contributed by atoms with van der Waals surface area (Å²) in [6.07, 6.45) is 1.81. The number of benzene rings is 1. The van der Waals surface area contributed by atoms with E-state index < -0.39 is 29.8 Å². The van der Waals surface area contributed by atoms with Crippen LogP contribution in [0.1, 0.15) is 43.1 Å². The molecule has 35 heavy (non-hydrogen) atoms. The van der Waals surface area contributed by atoms with Crippen LogP contribution in [0.4, 0.5) is 19.1 Å². The van der Waals surface area contributed by atoms with Crippen LogP contribution in [-0.4, -0.2) is 35.6 Å². The van der Waals surface area contributed by atoms with Gasteiger partial charge in [0, 0.05) is 47.2 Å². The van der Waals surface area contributed by atoms with Gasteiger partial charge in [-0.15, -0.1) is 0 Å². The lowest BCUT2D eigenvalue weighted by molar-refractivity contribution is 0.148. The maximum atomic E-state index is 14.3. The average molecular weight is 523 g/mol. The number of aryl methyl sites for hydroxylation is 1. The summed E-state index contributed by atoms with van der Waals surface area (Å²) in [7, 11) is -1.83. The molecule has 4 aromatic rings. The number of nitrogens with zero attached hydrogens (tertiary/aromatic N) is 4. The number of aromatic amines is 1. The van der Waals surface area contributed by atoms with Crippen molar-refractivity contribution in [2.45, 2.75) is 50.9 Å². The minimum absolute atomic E-state index is 0.0398. The highest BCUT2D eigenvalue weighted by atomic mass is 35.5. The molecule has 2 unspecified atom stereocenters. The quantitative estimate of drug-likeness (QED) is 0.297. The summed E-state index contributed by atoms with van der Waals surface area (Å²) < 4.78 is 56.6. The minimum Gasteiger partial charge on any atom is -0.359 e. The molecule has 0 spiro atoms. The van der Waals surface area contributed by atoms with E-state index in [4.69, 9.17) is 11.6 Å². The molecule has 0 amide bonds. The zero-order chi connectivity index (χ0) is 25.3. The molecular formula is C23H22ClF3N6OS. The number of alkyl halides is 2. The fourth-order valence-electron chi connectivity index (χ4n) is 3.83. The first-order chi connectivity index (χ1) is 16.7. The van der Waals surface area contributed by atoms with Gasteiger partial charge in [0.05, 0.1) is 21.1 Å². The van der Waals surface area contributed by atoms with Crippen LogP contribution in [0.3, 0.4) is 0 Å². The number of hydrogen-bond donors (Lipinski definition) is 2. The number of H-pyrrole nitrogens is 1. The van der Waals surface area contributed by atoms with E-state index >= 15 is 0 Å².